The number of nitrogens with two attached hydrogens (primary N) is 1. The first-order valence-corrected chi connectivity index (χ1v) is 11.1. The highest BCUT2D eigenvalue weighted by atomic mass is 16.5. The number of hydrazine groups is 1. The predicted molar refractivity (Wildman–Crippen MR) is 116 cm³/mol. The van der Waals surface area contributed by atoms with Crippen molar-refractivity contribution in [1.29, 1.82) is 0 Å². The third-order valence-corrected chi connectivity index (χ3v) is 7.35. The van der Waals surface area contributed by atoms with Gasteiger partial charge in [0.1, 0.15) is 11.4 Å². The molecule has 2 fully saturated rings. The van der Waals surface area contributed by atoms with Crippen molar-refractivity contribution >= 4 is 11.5 Å². The Bertz CT molecular complexity index is 789. The summed E-state index contributed by atoms with van der Waals surface area (Å²) in [5.74, 6) is 6.18. The highest BCUT2D eigenvalue weighted by Gasteiger charge is 2.41. The molecule has 4 rings (SSSR count). The van der Waals surface area contributed by atoms with Crippen molar-refractivity contribution in [2.45, 2.75) is 76.9 Å². The molecule has 2 heterocycles. The fourth-order valence-electron chi connectivity index (χ4n) is 5.05. The number of carbonyl (C=O) groups excluding carboxylic acids is 1. The van der Waals surface area contributed by atoms with Gasteiger partial charge in [-0.3, -0.25) is 10.2 Å². The van der Waals surface area contributed by atoms with Crippen LogP contribution in [0.5, 0.6) is 5.75 Å². The molecule has 0 atom stereocenters. The summed E-state index contributed by atoms with van der Waals surface area (Å²) in [7, 11) is 0. The maximum absolute atomic E-state index is 12.0. The van der Waals surface area contributed by atoms with E-state index in [1.54, 1.807) is 0 Å². The van der Waals surface area contributed by atoms with Crippen LogP contribution in [0.2, 0.25) is 0 Å². The van der Waals surface area contributed by atoms with Gasteiger partial charge in [-0.2, -0.15) is 0 Å². The van der Waals surface area contributed by atoms with E-state index in [4.69, 9.17) is 10.6 Å². The van der Waals surface area contributed by atoms with E-state index in [0.717, 1.165) is 48.6 Å². The molecule has 1 aromatic rings. The molecule has 5 heteroatoms. The zero-order valence-corrected chi connectivity index (χ0v) is 17.9. The van der Waals surface area contributed by atoms with Crippen LogP contribution in [0, 0.1) is 5.41 Å². The molecule has 0 bridgehead atoms. The number of hydrogen-bond donors (Lipinski definition) is 2. The summed E-state index contributed by atoms with van der Waals surface area (Å²) in [4.78, 5) is 14.7. The number of likely N-dealkylation sites (tertiary alicyclic amines) is 1. The minimum Gasteiger partial charge on any atom is -0.487 e. The number of aryl methyl sites for hydroxylation is 1. The van der Waals surface area contributed by atoms with Gasteiger partial charge < -0.3 is 9.64 Å². The lowest BCUT2D eigenvalue weighted by molar-refractivity contribution is -0.129. The average molecular weight is 398 g/mol. The summed E-state index contributed by atoms with van der Waals surface area (Å²) in [5.41, 5.74) is 4.99. The smallest absolute Gasteiger partial charge is 0.239 e. The number of allylic oxidation sites excluding steroid dienone is 1. The molecule has 1 aliphatic carbocycles. The van der Waals surface area contributed by atoms with E-state index >= 15 is 0 Å². The standard InChI is InChI=1S/C24H35N3O2/c1-17(16-23(2,3)22(28)26-25)18-7-8-21-19(15-18)9-10-24(29-21)11-13-27(14-12-24)20-5-4-6-20/h7-8,15,20H,1,4-6,9-14,16,25H2,2-3H3,(H,26,28). The number of carbonyl (C=O) groups is 1. The Morgan fingerprint density at radius 3 is 2.66 bits per heavy atom. The second kappa shape index (κ2) is 7.77. The van der Waals surface area contributed by atoms with Gasteiger partial charge in [-0.1, -0.05) is 32.9 Å². The number of hydrogen-bond acceptors (Lipinski definition) is 4. The van der Waals surface area contributed by atoms with Gasteiger partial charge in [0, 0.05) is 24.5 Å². The summed E-state index contributed by atoms with van der Waals surface area (Å²) in [6, 6.07) is 7.22. The summed E-state index contributed by atoms with van der Waals surface area (Å²) in [6.45, 7) is 10.4. The van der Waals surface area contributed by atoms with Gasteiger partial charge in [0.15, 0.2) is 0 Å². The normalized spacial score (nSPS) is 21.8. The molecule has 2 aliphatic heterocycles. The topological polar surface area (TPSA) is 67.6 Å². The number of fused-ring (bicyclic) bond motifs is 1. The second-order valence-corrected chi connectivity index (χ2v) is 9.87. The number of benzene rings is 1. The zero-order valence-electron chi connectivity index (χ0n) is 17.9. The first kappa shape index (κ1) is 20.4. The second-order valence-electron chi connectivity index (χ2n) is 9.87. The van der Waals surface area contributed by atoms with Crippen molar-refractivity contribution in [1.82, 2.24) is 10.3 Å². The minimum absolute atomic E-state index is 0.0208. The number of nitrogens with zero attached hydrogens (tertiary/aromatic N) is 1. The number of rotatable bonds is 5. The minimum atomic E-state index is -0.587. The molecule has 3 N–H and O–H groups in total. The van der Waals surface area contributed by atoms with E-state index in [1.807, 2.05) is 13.8 Å². The Hall–Kier alpha value is -1.85. The van der Waals surface area contributed by atoms with Crippen molar-refractivity contribution in [3.8, 4) is 5.75 Å². The number of ether oxygens (including phenoxy) is 1. The van der Waals surface area contributed by atoms with Gasteiger partial charge in [0.2, 0.25) is 5.91 Å². The van der Waals surface area contributed by atoms with E-state index in [9.17, 15) is 4.79 Å². The van der Waals surface area contributed by atoms with Gasteiger partial charge in [-0.25, -0.2) is 5.84 Å². The molecule has 158 valence electrons. The fraction of sp³-hybridized carbons (Fsp3) is 0.625. The Morgan fingerprint density at radius 2 is 2.03 bits per heavy atom. The van der Waals surface area contributed by atoms with Crippen molar-refractivity contribution in [3.05, 3.63) is 35.9 Å². The molecule has 1 amide bonds. The highest BCUT2D eigenvalue weighted by molar-refractivity contribution is 5.83. The third-order valence-electron chi connectivity index (χ3n) is 7.35. The molecule has 1 spiro atoms. The summed E-state index contributed by atoms with van der Waals surface area (Å²) < 4.78 is 6.59. The van der Waals surface area contributed by atoms with Crippen molar-refractivity contribution in [3.63, 3.8) is 0 Å². The lowest BCUT2D eigenvalue weighted by Crippen LogP contribution is -2.53. The van der Waals surface area contributed by atoms with Gasteiger partial charge in [-0.05, 0) is 73.8 Å². The van der Waals surface area contributed by atoms with Gasteiger partial charge >= 0.3 is 0 Å². The Balaban J connectivity index is 1.41. The van der Waals surface area contributed by atoms with Crippen LogP contribution in [-0.2, 0) is 11.2 Å². The Labute approximate surface area is 174 Å². The monoisotopic (exact) mass is 397 g/mol. The maximum atomic E-state index is 12.0. The Kier molecular flexibility index (Phi) is 5.47. The molecule has 0 radical (unpaired) electrons. The van der Waals surface area contributed by atoms with E-state index in [0.29, 0.717) is 6.42 Å². The zero-order chi connectivity index (χ0) is 20.6. The SMILES string of the molecule is C=C(CC(C)(C)C(=O)NN)c1ccc2c(c1)CCC1(CCN(C3CCC3)CC1)O2. The third kappa shape index (κ3) is 4.08. The quantitative estimate of drug-likeness (QED) is 0.450. The first-order chi connectivity index (χ1) is 13.8. The van der Waals surface area contributed by atoms with E-state index in [2.05, 4.69) is 35.1 Å². The lowest BCUT2D eigenvalue weighted by atomic mass is 9.80. The predicted octanol–water partition coefficient (Wildman–Crippen LogP) is 3.82. The van der Waals surface area contributed by atoms with Crippen molar-refractivity contribution in [2.75, 3.05) is 13.1 Å². The summed E-state index contributed by atoms with van der Waals surface area (Å²) in [6.07, 6.45) is 9.15. The fourth-order valence-corrected chi connectivity index (χ4v) is 5.05. The molecule has 3 aliphatic rings. The average Bonchev–Trinajstić information content (AvgIpc) is 2.67. The van der Waals surface area contributed by atoms with Crippen LogP contribution in [0.3, 0.4) is 0 Å². The number of amides is 1. The highest BCUT2D eigenvalue weighted by Crippen LogP contribution is 2.42. The van der Waals surface area contributed by atoms with Crippen LogP contribution >= 0.6 is 0 Å². The van der Waals surface area contributed by atoms with Gasteiger partial charge in [0.05, 0.1) is 0 Å². The van der Waals surface area contributed by atoms with Crippen LogP contribution in [0.1, 0.15) is 69.9 Å². The molecule has 0 unspecified atom stereocenters. The van der Waals surface area contributed by atoms with Crippen LogP contribution < -0.4 is 16.0 Å². The van der Waals surface area contributed by atoms with Crippen molar-refractivity contribution < 1.29 is 9.53 Å². The van der Waals surface area contributed by atoms with Crippen molar-refractivity contribution in [2.24, 2.45) is 11.3 Å². The largest absolute Gasteiger partial charge is 0.487 e. The molecule has 29 heavy (non-hydrogen) atoms. The van der Waals surface area contributed by atoms with Crippen LogP contribution in [0.25, 0.3) is 5.57 Å². The Morgan fingerprint density at radius 1 is 1.31 bits per heavy atom. The summed E-state index contributed by atoms with van der Waals surface area (Å²) >= 11 is 0. The van der Waals surface area contributed by atoms with Gasteiger partial charge in [-0.15, -0.1) is 0 Å². The van der Waals surface area contributed by atoms with Crippen LogP contribution in [0.4, 0.5) is 0 Å². The molecule has 5 nitrogen and oxygen atoms in total. The molecular weight excluding hydrogens is 362 g/mol. The summed E-state index contributed by atoms with van der Waals surface area (Å²) in [5, 5.41) is 0. The van der Waals surface area contributed by atoms with Crippen LogP contribution in [-0.4, -0.2) is 35.5 Å². The van der Waals surface area contributed by atoms with E-state index in [-0.39, 0.29) is 11.5 Å². The molecular formula is C24H35N3O2. The molecule has 0 aromatic heterocycles. The van der Waals surface area contributed by atoms with Gasteiger partial charge in [0.25, 0.3) is 0 Å². The van der Waals surface area contributed by atoms with E-state index < -0.39 is 5.41 Å². The van der Waals surface area contributed by atoms with Crippen LogP contribution in [0.15, 0.2) is 24.8 Å². The molecule has 1 saturated carbocycles. The first-order valence-electron chi connectivity index (χ1n) is 11.1. The number of nitrogens with one attached hydrogen (secondary N) is 1. The molecule has 1 aromatic carbocycles. The van der Waals surface area contributed by atoms with E-state index in [1.165, 1.54) is 37.9 Å². The maximum Gasteiger partial charge on any atom is 0.239 e. The number of piperidine rings is 1. The lowest BCUT2D eigenvalue weighted by Gasteiger charge is -2.48. The molecule has 1 saturated heterocycles.